The van der Waals surface area contributed by atoms with Crippen LogP contribution in [0.25, 0.3) is 11.1 Å². The van der Waals surface area contributed by atoms with E-state index in [4.69, 9.17) is 40.1 Å². The minimum Gasteiger partial charge on any atom is -0.481 e. The summed E-state index contributed by atoms with van der Waals surface area (Å²) in [5.74, 6) is 2.31. The van der Waals surface area contributed by atoms with Crippen LogP contribution in [0.15, 0.2) is 93.7 Å². The predicted octanol–water partition coefficient (Wildman–Crippen LogP) is 6.21. The molecule has 0 bridgehead atoms. The molecule has 0 saturated heterocycles. The molecule has 4 N–H and O–H groups in total. The van der Waals surface area contributed by atoms with Crippen molar-refractivity contribution in [1.29, 1.82) is 0 Å². The number of methoxy groups -OCH3 is 1. The van der Waals surface area contributed by atoms with Gasteiger partial charge in [0.25, 0.3) is 0 Å². The number of benzene rings is 2. The van der Waals surface area contributed by atoms with Crippen molar-refractivity contribution >= 4 is 27.6 Å². The summed E-state index contributed by atoms with van der Waals surface area (Å²) in [4.78, 5) is 21.2. The third-order valence-corrected chi connectivity index (χ3v) is 9.60. The molecule has 54 heavy (non-hydrogen) atoms. The third kappa shape index (κ3) is 6.22. The topological polar surface area (TPSA) is 171 Å². The molecule has 2 aromatic carbocycles. The number of pyridine rings is 3. The molecule has 276 valence electrons. The minimum atomic E-state index is -3.05. The monoisotopic (exact) mass is 803 g/mol. The van der Waals surface area contributed by atoms with Gasteiger partial charge in [0.05, 0.1) is 32.7 Å². The summed E-state index contributed by atoms with van der Waals surface area (Å²) >= 11 is 3.51. The van der Waals surface area contributed by atoms with Crippen LogP contribution in [0.4, 0.5) is 13.2 Å². The lowest BCUT2D eigenvalue weighted by atomic mass is 9.80. The number of ether oxygens (including phenoxy) is 6. The molecular formula is C37H29BrF3N7O6. The average Bonchev–Trinajstić information content (AvgIpc) is 3.16. The summed E-state index contributed by atoms with van der Waals surface area (Å²) < 4.78 is 73.8. The van der Waals surface area contributed by atoms with Gasteiger partial charge in [0.1, 0.15) is 47.5 Å². The Balaban J connectivity index is 0.000000160. The van der Waals surface area contributed by atoms with E-state index in [2.05, 4.69) is 40.6 Å². The molecule has 0 radical (unpaired) electrons. The van der Waals surface area contributed by atoms with Crippen molar-refractivity contribution in [2.45, 2.75) is 17.7 Å². The highest BCUT2D eigenvalue weighted by Gasteiger charge is 2.47. The van der Waals surface area contributed by atoms with E-state index in [0.717, 1.165) is 21.3 Å². The van der Waals surface area contributed by atoms with Crippen molar-refractivity contribution in [2.24, 2.45) is 21.5 Å². The number of hydrogen-bond donors (Lipinski definition) is 2. The molecule has 0 amide bonds. The second-order valence-electron chi connectivity index (χ2n) is 12.4. The van der Waals surface area contributed by atoms with E-state index in [0.29, 0.717) is 58.9 Å². The molecular weight excluding hydrogens is 775 g/mol. The van der Waals surface area contributed by atoms with E-state index >= 15 is 0 Å². The lowest BCUT2D eigenvalue weighted by molar-refractivity contribution is -0.0530. The standard InChI is InChI=1S/C21H15F3N4O3.C16H14BrN3O3/c22-19-12(2-1-5-26-19)11-3-4-15-13(6-11)21(10-29-9-17(25)28-21)14-7-18(31-20(23)24)27-8-16(14)30-15;1-21-15-5-11-13(6-19-15)23-12-3-2-9(17)4-10(12)16(11)8-22-7-14(18)20-16/h1-8,20H,9-10H2,(H2,25,28);2-6H,7-8H2,1H3,(H2,18,20)/t21-;16-/m00/s1. The Morgan fingerprint density at radius 2 is 1.31 bits per heavy atom. The Bertz CT molecular complexity index is 2350. The number of aliphatic imine (C=N–C) groups is 2. The molecule has 0 unspecified atom stereocenters. The highest BCUT2D eigenvalue weighted by atomic mass is 79.9. The molecule has 0 saturated carbocycles. The zero-order valence-electron chi connectivity index (χ0n) is 28.3. The summed E-state index contributed by atoms with van der Waals surface area (Å²) in [6, 6.07) is 17.2. The van der Waals surface area contributed by atoms with Crippen molar-refractivity contribution in [3.63, 3.8) is 0 Å². The predicted molar refractivity (Wildman–Crippen MR) is 192 cm³/mol. The summed E-state index contributed by atoms with van der Waals surface area (Å²) in [6.07, 6.45) is 4.28. The summed E-state index contributed by atoms with van der Waals surface area (Å²) in [5, 5.41) is 0. The third-order valence-electron chi connectivity index (χ3n) is 9.11. The van der Waals surface area contributed by atoms with Crippen LogP contribution in [0.5, 0.6) is 34.8 Å². The minimum absolute atomic E-state index is 0.0637. The largest absolute Gasteiger partial charge is 0.481 e. The quantitative estimate of drug-likeness (QED) is 0.198. The van der Waals surface area contributed by atoms with Crippen LogP contribution in [0.1, 0.15) is 22.3 Å². The highest BCUT2D eigenvalue weighted by molar-refractivity contribution is 9.10. The van der Waals surface area contributed by atoms with E-state index in [1.165, 1.54) is 18.5 Å². The van der Waals surface area contributed by atoms with E-state index in [1.54, 1.807) is 43.6 Å². The van der Waals surface area contributed by atoms with Crippen LogP contribution < -0.4 is 30.4 Å². The molecule has 7 heterocycles. The number of rotatable bonds is 4. The summed E-state index contributed by atoms with van der Waals surface area (Å²) in [7, 11) is 1.57. The average molecular weight is 805 g/mol. The molecule has 4 aliphatic rings. The van der Waals surface area contributed by atoms with Gasteiger partial charge in [-0.15, -0.1) is 0 Å². The zero-order valence-corrected chi connectivity index (χ0v) is 29.8. The number of alkyl halides is 2. The fraction of sp³-hybridized carbons (Fsp3) is 0.216. The SMILES string of the molecule is COc1cc2c(cn1)Oc1ccc(Br)cc1[C@@]21COCC(N)=N1.NC1=N[C@@]2(COC1)c1cc(-c3cccnc3F)ccc1Oc1cnc(OC(F)F)cc12. The number of aromatic nitrogens is 3. The lowest BCUT2D eigenvalue weighted by Crippen LogP contribution is -2.42. The molecule has 17 heteroatoms. The first-order valence-corrected chi connectivity index (χ1v) is 17.1. The van der Waals surface area contributed by atoms with Crippen molar-refractivity contribution < 1.29 is 41.6 Å². The first-order valence-electron chi connectivity index (χ1n) is 16.3. The van der Waals surface area contributed by atoms with E-state index in [-0.39, 0.29) is 30.5 Å². The molecule has 4 aliphatic heterocycles. The maximum atomic E-state index is 14.3. The number of nitrogens with two attached hydrogens (primary N) is 2. The van der Waals surface area contributed by atoms with Gasteiger partial charge in [0, 0.05) is 50.6 Å². The van der Waals surface area contributed by atoms with E-state index in [1.807, 2.05) is 24.3 Å². The fourth-order valence-corrected chi connectivity index (χ4v) is 7.22. The number of amidine groups is 2. The van der Waals surface area contributed by atoms with Gasteiger partial charge in [-0.2, -0.15) is 13.2 Å². The second kappa shape index (κ2) is 13.9. The smallest absolute Gasteiger partial charge is 0.388 e. The van der Waals surface area contributed by atoms with Gasteiger partial charge in [-0.1, -0.05) is 22.0 Å². The summed E-state index contributed by atoms with van der Waals surface area (Å²) in [5.41, 5.74) is 13.5. The molecule has 2 spiro atoms. The van der Waals surface area contributed by atoms with Gasteiger partial charge >= 0.3 is 6.61 Å². The van der Waals surface area contributed by atoms with Gasteiger partial charge in [-0.3, -0.25) is 9.98 Å². The molecule has 0 aliphatic carbocycles. The van der Waals surface area contributed by atoms with Crippen molar-refractivity contribution in [3.05, 3.63) is 112 Å². The Morgan fingerprint density at radius 3 is 1.91 bits per heavy atom. The van der Waals surface area contributed by atoms with Crippen molar-refractivity contribution in [1.82, 2.24) is 15.0 Å². The van der Waals surface area contributed by atoms with E-state index < -0.39 is 23.6 Å². The first-order chi connectivity index (χ1) is 26.1. The zero-order chi connectivity index (χ0) is 37.6. The van der Waals surface area contributed by atoms with Crippen LogP contribution in [0.2, 0.25) is 0 Å². The first kappa shape index (κ1) is 35.3. The van der Waals surface area contributed by atoms with Gasteiger partial charge in [-0.25, -0.2) is 15.0 Å². The van der Waals surface area contributed by atoms with Gasteiger partial charge < -0.3 is 39.9 Å². The molecule has 5 aromatic rings. The van der Waals surface area contributed by atoms with Gasteiger partial charge in [0.2, 0.25) is 17.7 Å². The van der Waals surface area contributed by atoms with Crippen molar-refractivity contribution in [3.8, 4) is 45.9 Å². The van der Waals surface area contributed by atoms with Crippen LogP contribution in [-0.4, -0.2) is 66.8 Å². The summed E-state index contributed by atoms with van der Waals surface area (Å²) in [6.45, 7) is -2.16. The number of fused-ring (bicyclic) bond motifs is 8. The maximum absolute atomic E-state index is 14.3. The Morgan fingerprint density at radius 1 is 0.741 bits per heavy atom. The van der Waals surface area contributed by atoms with Crippen LogP contribution >= 0.6 is 15.9 Å². The Hall–Kier alpha value is -5.78. The highest BCUT2D eigenvalue weighted by Crippen LogP contribution is 2.53. The number of halogens is 4. The molecule has 0 fully saturated rings. The van der Waals surface area contributed by atoms with E-state index in [9.17, 15) is 13.2 Å². The molecule has 13 nitrogen and oxygen atoms in total. The second-order valence-corrected chi connectivity index (χ2v) is 13.3. The van der Waals surface area contributed by atoms with Crippen LogP contribution in [0.3, 0.4) is 0 Å². The van der Waals surface area contributed by atoms with Gasteiger partial charge in [-0.05, 0) is 48.0 Å². The van der Waals surface area contributed by atoms with Crippen LogP contribution in [0, 0.1) is 5.95 Å². The van der Waals surface area contributed by atoms with Crippen LogP contribution in [-0.2, 0) is 20.6 Å². The van der Waals surface area contributed by atoms with Gasteiger partial charge in [0.15, 0.2) is 11.5 Å². The molecule has 2 atom stereocenters. The van der Waals surface area contributed by atoms with Crippen molar-refractivity contribution in [2.75, 3.05) is 33.5 Å². The number of hydrogen-bond acceptors (Lipinski definition) is 13. The number of nitrogens with zero attached hydrogens (tertiary/aromatic N) is 5. The normalized spacial score (nSPS) is 20.5. The molecule has 9 rings (SSSR count). The maximum Gasteiger partial charge on any atom is 0.388 e. The Kier molecular flexibility index (Phi) is 9.07. The Labute approximate surface area is 313 Å². The lowest BCUT2D eigenvalue weighted by Gasteiger charge is -2.39. The fourth-order valence-electron chi connectivity index (χ4n) is 6.85. The molecule has 3 aromatic heterocycles.